The molecule has 1 amide bonds. The lowest BCUT2D eigenvalue weighted by Gasteiger charge is -2.16. The first-order chi connectivity index (χ1) is 9.81. The minimum atomic E-state index is -4.61. The molecule has 2 rings (SSSR count). The zero-order valence-electron chi connectivity index (χ0n) is 10.9. The highest BCUT2D eigenvalue weighted by Gasteiger charge is 2.36. The van der Waals surface area contributed by atoms with Crippen molar-refractivity contribution >= 4 is 23.2 Å². The number of ether oxygens (including phenoxy) is 1. The minimum absolute atomic E-state index is 0.0550. The lowest BCUT2D eigenvalue weighted by molar-refractivity contribution is -0.137. The van der Waals surface area contributed by atoms with Gasteiger partial charge in [-0.25, -0.2) is 0 Å². The summed E-state index contributed by atoms with van der Waals surface area (Å²) in [6.07, 6.45) is -4.57. The van der Waals surface area contributed by atoms with Gasteiger partial charge in [0.05, 0.1) is 17.4 Å². The Morgan fingerprint density at radius 3 is 2.71 bits per heavy atom. The summed E-state index contributed by atoms with van der Waals surface area (Å²) in [5, 5.41) is 2.19. The molecule has 1 fully saturated rings. The smallest absolute Gasteiger partial charge is 0.364 e. The number of rotatable bonds is 3. The molecular formula is C13H14ClF3N2O2. The van der Waals surface area contributed by atoms with Gasteiger partial charge >= 0.3 is 6.18 Å². The van der Waals surface area contributed by atoms with Crippen molar-refractivity contribution in [1.29, 1.82) is 0 Å². The summed E-state index contributed by atoms with van der Waals surface area (Å²) in [6.45, 7) is 0.276. The van der Waals surface area contributed by atoms with E-state index in [0.29, 0.717) is 12.8 Å². The molecule has 1 aromatic carbocycles. The first kappa shape index (κ1) is 16.1. The van der Waals surface area contributed by atoms with Crippen molar-refractivity contribution in [2.75, 3.05) is 11.9 Å². The third-order valence-electron chi connectivity index (χ3n) is 3.21. The molecule has 1 aliphatic heterocycles. The maximum absolute atomic E-state index is 12.9. The summed E-state index contributed by atoms with van der Waals surface area (Å²) >= 11 is 5.57. The summed E-state index contributed by atoms with van der Waals surface area (Å²) in [5.74, 6) is -0.612. The zero-order chi connectivity index (χ0) is 15.6. The van der Waals surface area contributed by atoms with Crippen LogP contribution in [0.4, 0.5) is 18.9 Å². The Morgan fingerprint density at radius 2 is 2.14 bits per heavy atom. The molecule has 1 aromatic rings. The van der Waals surface area contributed by atoms with Crippen LogP contribution in [0.25, 0.3) is 0 Å². The molecule has 8 heteroatoms. The monoisotopic (exact) mass is 322 g/mol. The van der Waals surface area contributed by atoms with E-state index in [1.54, 1.807) is 0 Å². The lowest BCUT2D eigenvalue weighted by Crippen LogP contribution is -2.30. The van der Waals surface area contributed by atoms with Crippen molar-refractivity contribution in [2.24, 2.45) is 5.73 Å². The van der Waals surface area contributed by atoms with E-state index in [1.807, 2.05) is 0 Å². The van der Waals surface area contributed by atoms with E-state index in [-0.39, 0.29) is 23.4 Å². The van der Waals surface area contributed by atoms with Crippen LogP contribution in [0.1, 0.15) is 18.4 Å². The molecule has 2 unspecified atom stereocenters. The summed E-state index contributed by atoms with van der Waals surface area (Å²) in [5.41, 5.74) is 4.10. The van der Waals surface area contributed by atoms with Gasteiger partial charge in [-0.2, -0.15) is 13.2 Å². The number of alkyl halides is 3. The molecule has 0 bridgehead atoms. The van der Waals surface area contributed by atoms with E-state index in [2.05, 4.69) is 5.32 Å². The van der Waals surface area contributed by atoms with Gasteiger partial charge in [0, 0.05) is 11.6 Å². The van der Waals surface area contributed by atoms with E-state index < -0.39 is 23.8 Å². The van der Waals surface area contributed by atoms with Crippen molar-refractivity contribution < 1.29 is 22.7 Å². The van der Waals surface area contributed by atoms with Crippen molar-refractivity contribution in [3.8, 4) is 0 Å². The number of hydrogen-bond donors (Lipinski definition) is 2. The van der Waals surface area contributed by atoms with Crippen LogP contribution in [0.5, 0.6) is 0 Å². The van der Waals surface area contributed by atoms with Gasteiger partial charge in [0.25, 0.3) is 5.91 Å². The van der Waals surface area contributed by atoms with Crippen LogP contribution in [-0.4, -0.2) is 24.7 Å². The van der Waals surface area contributed by atoms with Crippen molar-refractivity contribution in [3.05, 3.63) is 28.8 Å². The van der Waals surface area contributed by atoms with E-state index >= 15 is 0 Å². The molecule has 0 aliphatic carbocycles. The van der Waals surface area contributed by atoms with Gasteiger partial charge in [0.2, 0.25) is 0 Å². The Kier molecular flexibility index (Phi) is 4.75. The molecule has 0 saturated carbocycles. The molecule has 1 aliphatic rings. The second-order valence-corrected chi connectivity index (χ2v) is 5.17. The highest BCUT2D eigenvalue weighted by molar-refractivity contribution is 6.30. The van der Waals surface area contributed by atoms with E-state index in [4.69, 9.17) is 22.1 Å². The van der Waals surface area contributed by atoms with Crippen LogP contribution in [0.2, 0.25) is 5.02 Å². The van der Waals surface area contributed by atoms with Gasteiger partial charge < -0.3 is 15.8 Å². The molecule has 1 heterocycles. The topological polar surface area (TPSA) is 64.4 Å². The van der Waals surface area contributed by atoms with Gasteiger partial charge in [-0.15, -0.1) is 0 Å². The summed E-state index contributed by atoms with van der Waals surface area (Å²) in [7, 11) is 0. The second-order valence-electron chi connectivity index (χ2n) is 4.74. The molecule has 1 saturated heterocycles. The van der Waals surface area contributed by atoms with Crippen molar-refractivity contribution in [3.63, 3.8) is 0 Å². The predicted octanol–water partition coefficient (Wildman–Crippen LogP) is 2.80. The standard InChI is InChI=1S/C13H14ClF3N2O2/c14-7-1-3-10(9(5-7)13(15,16)17)19-12(20)11-4-2-8(6-18)21-11/h1,3,5,8,11H,2,4,6,18H2,(H,19,20). The lowest BCUT2D eigenvalue weighted by atomic mass is 10.1. The molecule has 116 valence electrons. The number of benzene rings is 1. The number of nitrogens with one attached hydrogen (secondary N) is 1. The predicted molar refractivity (Wildman–Crippen MR) is 72.0 cm³/mol. The van der Waals surface area contributed by atoms with Gasteiger partial charge in [0.15, 0.2) is 0 Å². The average Bonchev–Trinajstić information content (AvgIpc) is 2.88. The maximum Gasteiger partial charge on any atom is 0.418 e. The molecule has 4 nitrogen and oxygen atoms in total. The van der Waals surface area contributed by atoms with Crippen LogP contribution < -0.4 is 11.1 Å². The Hall–Kier alpha value is -1.31. The Morgan fingerprint density at radius 1 is 1.43 bits per heavy atom. The number of carbonyl (C=O) groups is 1. The summed E-state index contributed by atoms with van der Waals surface area (Å²) in [6, 6.07) is 3.18. The summed E-state index contributed by atoms with van der Waals surface area (Å²) in [4.78, 5) is 12.0. The number of halogens is 4. The largest absolute Gasteiger partial charge is 0.418 e. The van der Waals surface area contributed by atoms with Gasteiger partial charge in [-0.3, -0.25) is 4.79 Å². The number of hydrogen-bond acceptors (Lipinski definition) is 3. The van der Waals surface area contributed by atoms with E-state index in [1.165, 1.54) is 6.07 Å². The maximum atomic E-state index is 12.9. The second kappa shape index (κ2) is 6.21. The normalized spacial score (nSPS) is 22.3. The van der Waals surface area contributed by atoms with E-state index in [0.717, 1.165) is 12.1 Å². The number of nitrogens with two attached hydrogens (primary N) is 1. The number of carbonyl (C=O) groups excluding carboxylic acids is 1. The third kappa shape index (κ3) is 3.87. The Bertz CT molecular complexity index is 537. The Balaban J connectivity index is 2.14. The third-order valence-corrected chi connectivity index (χ3v) is 3.44. The van der Waals surface area contributed by atoms with E-state index in [9.17, 15) is 18.0 Å². The fraction of sp³-hybridized carbons (Fsp3) is 0.462. The quantitative estimate of drug-likeness (QED) is 0.899. The highest BCUT2D eigenvalue weighted by Crippen LogP contribution is 2.36. The molecule has 2 atom stereocenters. The highest BCUT2D eigenvalue weighted by atomic mass is 35.5. The fourth-order valence-corrected chi connectivity index (χ4v) is 2.32. The molecule has 3 N–H and O–H groups in total. The first-order valence-electron chi connectivity index (χ1n) is 6.34. The first-order valence-corrected chi connectivity index (χ1v) is 6.72. The SMILES string of the molecule is NCC1CCC(C(=O)Nc2ccc(Cl)cc2C(F)(F)F)O1. The van der Waals surface area contributed by atoms with Gasteiger partial charge in [-0.05, 0) is 31.0 Å². The van der Waals surface area contributed by atoms with Crippen LogP contribution >= 0.6 is 11.6 Å². The van der Waals surface area contributed by atoms with Crippen LogP contribution in [0.3, 0.4) is 0 Å². The number of anilines is 1. The average molecular weight is 323 g/mol. The van der Waals surface area contributed by atoms with Crippen molar-refractivity contribution in [2.45, 2.75) is 31.2 Å². The molecule has 0 aromatic heterocycles. The number of amides is 1. The Labute approximate surface area is 124 Å². The molecular weight excluding hydrogens is 309 g/mol. The molecule has 0 spiro atoms. The minimum Gasteiger partial charge on any atom is -0.364 e. The van der Waals surface area contributed by atoms with Gasteiger partial charge in [0.1, 0.15) is 6.10 Å². The van der Waals surface area contributed by atoms with Crippen LogP contribution in [0, 0.1) is 0 Å². The summed E-state index contributed by atoms with van der Waals surface area (Å²) < 4.78 is 44.1. The van der Waals surface area contributed by atoms with Crippen molar-refractivity contribution in [1.82, 2.24) is 0 Å². The molecule has 21 heavy (non-hydrogen) atoms. The van der Waals surface area contributed by atoms with Gasteiger partial charge in [-0.1, -0.05) is 11.6 Å². The fourth-order valence-electron chi connectivity index (χ4n) is 2.15. The van der Waals surface area contributed by atoms with Crippen LogP contribution in [-0.2, 0) is 15.7 Å². The zero-order valence-corrected chi connectivity index (χ0v) is 11.7. The van der Waals surface area contributed by atoms with Crippen LogP contribution in [0.15, 0.2) is 18.2 Å². The molecule has 0 radical (unpaired) electrons.